The number of carbonyl (C=O) groups is 2. The molecule has 0 saturated carbocycles. The number of aliphatic hydroxyl groups is 1. The Balaban J connectivity index is 1.65. The average Bonchev–Trinajstić information content (AvgIpc) is 3.17. The number of fused-ring (bicyclic) bond motifs is 1. The molecule has 1 saturated heterocycles. The fraction of sp³-hybridized carbons (Fsp3) is 0.222. The van der Waals surface area contributed by atoms with Crippen molar-refractivity contribution < 1.29 is 33.6 Å². The Kier molecular flexibility index (Phi) is 6.20. The highest BCUT2D eigenvalue weighted by Gasteiger charge is 2.46. The molecule has 9 nitrogen and oxygen atoms in total. The number of carbonyl (C=O) groups excluding carboxylic acids is 2. The van der Waals surface area contributed by atoms with Crippen LogP contribution in [0.1, 0.15) is 22.7 Å². The Morgan fingerprint density at radius 3 is 2.53 bits per heavy atom. The molecule has 2 aliphatic rings. The van der Waals surface area contributed by atoms with E-state index in [1.165, 1.54) is 19.1 Å². The van der Waals surface area contributed by atoms with Crippen molar-refractivity contribution in [2.45, 2.75) is 12.6 Å². The Morgan fingerprint density at radius 2 is 1.81 bits per heavy atom. The van der Waals surface area contributed by atoms with Gasteiger partial charge in [-0.05, 0) is 47.5 Å². The highest BCUT2D eigenvalue weighted by molar-refractivity contribution is 6.46. The molecule has 36 heavy (non-hydrogen) atoms. The number of amides is 1. The molecular formula is C27H24N2O7. The lowest BCUT2D eigenvalue weighted by molar-refractivity contribution is -0.140. The molecule has 3 heterocycles. The zero-order valence-electron chi connectivity index (χ0n) is 19.8. The number of benzene rings is 2. The summed E-state index contributed by atoms with van der Waals surface area (Å²) < 4.78 is 22.0. The van der Waals surface area contributed by atoms with Crippen LogP contribution >= 0.6 is 0 Å². The van der Waals surface area contributed by atoms with Gasteiger partial charge in [0.25, 0.3) is 11.7 Å². The molecule has 2 aromatic carbocycles. The number of pyridine rings is 1. The molecule has 1 N–H and O–H groups in total. The van der Waals surface area contributed by atoms with Crippen molar-refractivity contribution in [1.29, 1.82) is 0 Å². The van der Waals surface area contributed by atoms with Crippen molar-refractivity contribution in [1.82, 2.24) is 9.88 Å². The molecule has 1 amide bonds. The molecule has 9 heteroatoms. The molecule has 5 rings (SSSR count). The fourth-order valence-electron chi connectivity index (χ4n) is 4.45. The van der Waals surface area contributed by atoms with Crippen molar-refractivity contribution in [3.05, 3.63) is 83.2 Å². The summed E-state index contributed by atoms with van der Waals surface area (Å²) in [6, 6.07) is 12.7. The lowest BCUT2D eigenvalue weighted by Gasteiger charge is -2.26. The first kappa shape index (κ1) is 23.2. The SMILES string of the molecule is COc1ccc([C@H]2C(=C(O)c3ccc4c(c3)OCCO4)C(=O)C(=O)N2Cc2cccnc2)cc1OC. The van der Waals surface area contributed by atoms with Crippen LogP contribution in [-0.4, -0.2) is 54.1 Å². The summed E-state index contributed by atoms with van der Waals surface area (Å²) in [6.07, 6.45) is 3.26. The summed E-state index contributed by atoms with van der Waals surface area (Å²) in [5, 5.41) is 11.4. The molecule has 2 aliphatic heterocycles. The molecule has 0 bridgehead atoms. The maximum atomic E-state index is 13.3. The molecule has 184 valence electrons. The number of ether oxygens (including phenoxy) is 4. The van der Waals surface area contributed by atoms with E-state index < -0.39 is 17.7 Å². The third-order valence-electron chi connectivity index (χ3n) is 6.15. The Labute approximate surface area is 207 Å². The van der Waals surface area contributed by atoms with E-state index in [4.69, 9.17) is 18.9 Å². The number of Topliss-reactive ketones (excluding diaryl/α,β-unsaturated/α-hetero) is 1. The van der Waals surface area contributed by atoms with Crippen molar-refractivity contribution >= 4 is 17.4 Å². The number of methoxy groups -OCH3 is 2. The zero-order chi connectivity index (χ0) is 25.2. The number of aliphatic hydroxyl groups excluding tert-OH is 1. The number of likely N-dealkylation sites (tertiary alicyclic amines) is 1. The van der Waals surface area contributed by atoms with Crippen LogP contribution in [0.3, 0.4) is 0 Å². The minimum Gasteiger partial charge on any atom is -0.507 e. The maximum absolute atomic E-state index is 13.3. The van der Waals surface area contributed by atoms with Crippen molar-refractivity contribution in [3.8, 4) is 23.0 Å². The first-order valence-corrected chi connectivity index (χ1v) is 11.3. The van der Waals surface area contributed by atoms with Crippen LogP contribution < -0.4 is 18.9 Å². The van der Waals surface area contributed by atoms with Crippen LogP contribution in [0.15, 0.2) is 66.5 Å². The molecule has 3 aromatic rings. The molecule has 1 fully saturated rings. The summed E-state index contributed by atoms with van der Waals surface area (Å²) in [5.74, 6) is 0.116. The largest absolute Gasteiger partial charge is 0.507 e. The second-order valence-electron chi connectivity index (χ2n) is 8.26. The lowest BCUT2D eigenvalue weighted by Crippen LogP contribution is -2.29. The van der Waals surface area contributed by atoms with Crippen molar-refractivity contribution in [3.63, 3.8) is 0 Å². The number of aromatic nitrogens is 1. The van der Waals surface area contributed by atoms with Gasteiger partial charge in [-0.3, -0.25) is 14.6 Å². The molecule has 1 aromatic heterocycles. The zero-order valence-corrected chi connectivity index (χ0v) is 19.8. The maximum Gasteiger partial charge on any atom is 0.295 e. The molecule has 0 spiro atoms. The highest BCUT2D eigenvalue weighted by atomic mass is 16.6. The highest BCUT2D eigenvalue weighted by Crippen LogP contribution is 2.43. The predicted octanol–water partition coefficient (Wildman–Crippen LogP) is 3.49. The van der Waals surface area contributed by atoms with Crippen LogP contribution in [-0.2, 0) is 16.1 Å². The Hall–Kier alpha value is -4.53. The molecule has 0 aliphatic carbocycles. The summed E-state index contributed by atoms with van der Waals surface area (Å²) >= 11 is 0. The molecule has 1 atom stereocenters. The van der Waals surface area contributed by atoms with Crippen LogP contribution in [0, 0.1) is 0 Å². The molecular weight excluding hydrogens is 464 g/mol. The van der Waals surface area contributed by atoms with Gasteiger partial charge in [-0.15, -0.1) is 0 Å². The van der Waals surface area contributed by atoms with Gasteiger partial charge in [-0.2, -0.15) is 0 Å². The van der Waals surface area contributed by atoms with Gasteiger partial charge in [0.15, 0.2) is 23.0 Å². The van der Waals surface area contributed by atoms with Crippen LogP contribution in [0.5, 0.6) is 23.0 Å². The van der Waals surface area contributed by atoms with Gasteiger partial charge in [0.05, 0.1) is 25.8 Å². The molecule has 0 radical (unpaired) electrons. The van der Waals surface area contributed by atoms with E-state index in [1.54, 1.807) is 54.9 Å². The van der Waals surface area contributed by atoms with E-state index in [0.717, 1.165) is 5.56 Å². The van der Waals surface area contributed by atoms with E-state index >= 15 is 0 Å². The number of hydrogen-bond donors (Lipinski definition) is 1. The summed E-state index contributed by atoms with van der Waals surface area (Å²) in [4.78, 5) is 32.1. The average molecular weight is 488 g/mol. The standard InChI is InChI=1S/C27H24N2O7/c1-33-19-7-5-17(12-21(19)34-2)24-23(25(30)18-6-8-20-22(13-18)36-11-10-35-20)26(31)27(32)29(24)15-16-4-3-9-28-14-16/h3-9,12-14,24,30H,10-11,15H2,1-2H3/t24-/m0/s1. The summed E-state index contributed by atoms with van der Waals surface area (Å²) in [6.45, 7) is 0.921. The van der Waals surface area contributed by atoms with E-state index in [2.05, 4.69) is 4.98 Å². The first-order chi connectivity index (χ1) is 17.5. The minimum absolute atomic E-state index is 0.0345. The number of ketones is 1. The third-order valence-corrected chi connectivity index (χ3v) is 6.15. The fourth-order valence-corrected chi connectivity index (χ4v) is 4.45. The quantitative estimate of drug-likeness (QED) is 0.319. The Bertz CT molecular complexity index is 1350. The molecule has 0 unspecified atom stereocenters. The van der Waals surface area contributed by atoms with Gasteiger partial charge in [-0.1, -0.05) is 12.1 Å². The number of nitrogens with zero attached hydrogens (tertiary/aromatic N) is 2. The van der Waals surface area contributed by atoms with E-state index in [1.807, 2.05) is 6.07 Å². The minimum atomic E-state index is -0.877. The topological polar surface area (TPSA) is 107 Å². The monoisotopic (exact) mass is 488 g/mol. The second kappa shape index (κ2) is 9.61. The van der Waals surface area contributed by atoms with Gasteiger partial charge in [0.2, 0.25) is 0 Å². The van der Waals surface area contributed by atoms with E-state index in [-0.39, 0.29) is 17.9 Å². The predicted molar refractivity (Wildman–Crippen MR) is 129 cm³/mol. The summed E-state index contributed by atoms with van der Waals surface area (Å²) in [7, 11) is 3.03. The van der Waals surface area contributed by atoms with Gasteiger partial charge in [0.1, 0.15) is 19.0 Å². The first-order valence-electron chi connectivity index (χ1n) is 11.3. The van der Waals surface area contributed by atoms with E-state index in [0.29, 0.717) is 47.3 Å². The van der Waals surface area contributed by atoms with Gasteiger partial charge < -0.3 is 29.0 Å². The second-order valence-corrected chi connectivity index (χ2v) is 8.26. The number of rotatable bonds is 6. The van der Waals surface area contributed by atoms with Crippen LogP contribution in [0.25, 0.3) is 5.76 Å². The van der Waals surface area contributed by atoms with Crippen molar-refractivity contribution in [2.24, 2.45) is 0 Å². The van der Waals surface area contributed by atoms with Gasteiger partial charge in [0, 0.05) is 24.5 Å². The summed E-state index contributed by atoms with van der Waals surface area (Å²) in [5.41, 5.74) is 1.62. The normalized spacial score (nSPS) is 18.3. The smallest absolute Gasteiger partial charge is 0.295 e. The Morgan fingerprint density at radius 1 is 1.03 bits per heavy atom. The third kappa shape index (κ3) is 4.08. The lowest BCUT2D eigenvalue weighted by atomic mass is 9.94. The van der Waals surface area contributed by atoms with E-state index in [9.17, 15) is 14.7 Å². The van der Waals surface area contributed by atoms with Gasteiger partial charge >= 0.3 is 0 Å². The van der Waals surface area contributed by atoms with Crippen LogP contribution in [0.4, 0.5) is 0 Å². The van der Waals surface area contributed by atoms with Crippen LogP contribution in [0.2, 0.25) is 0 Å². The van der Waals surface area contributed by atoms with Gasteiger partial charge in [-0.25, -0.2) is 0 Å². The van der Waals surface area contributed by atoms with Crippen molar-refractivity contribution in [2.75, 3.05) is 27.4 Å². The number of hydrogen-bond acceptors (Lipinski definition) is 8.